The van der Waals surface area contributed by atoms with Crippen molar-refractivity contribution in [2.75, 3.05) is 0 Å². The fraction of sp³-hybridized carbons (Fsp3) is 0.467. The summed E-state index contributed by atoms with van der Waals surface area (Å²) >= 11 is 0. The maximum Gasteiger partial charge on any atom is 0.148 e. The fourth-order valence-corrected chi connectivity index (χ4v) is 5.72. The summed E-state index contributed by atoms with van der Waals surface area (Å²) in [5, 5.41) is 0. The van der Waals surface area contributed by atoms with E-state index in [2.05, 4.69) is 75.3 Å². The van der Waals surface area contributed by atoms with Crippen molar-refractivity contribution in [3.8, 4) is 0 Å². The number of hydrogen-bond acceptors (Lipinski definition) is 1. The third-order valence-corrected chi connectivity index (χ3v) is 5.57. The average molecular weight is 245 g/mol. The smallest absolute Gasteiger partial charge is 0.148 e. The monoisotopic (exact) mass is 245 g/mol. The van der Waals surface area contributed by atoms with Crippen LogP contribution in [0.1, 0.15) is 26.3 Å². The van der Waals surface area contributed by atoms with Gasteiger partial charge in [0.25, 0.3) is 0 Å². The molecule has 92 valence electrons. The van der Waals surface area contributed by atoms with Crippen molar-refractivity contribution >= 4 is 8.24 Å². The van der Waals surface area contributed by atoms with Crippen LogP contribution in [0.2, 0.25) is 19.6 Å². The minimum atomic E-state index is -1.29. The van der Waals surface area contributed by atoms with Gasteiger partial charge in [-0.3, -0.25) is 0 Å². The lowest BCUT2D eigenvalue weighted by atomic mass is 9.98. The summed E-state index contributed by atoms with van der Waals surface area (Å²) in [6, 6.07) is 10.9. The Balaban J connectivity index is 2.50. The zero-order valence-electron chi connectivity index (χ0n) is 11.8. The predicted molar refractivity (Wildman–Crippen MR) is 77.4 cm³/mol. The van der Waals surface area contributed by atoms with Gasteiger partial charge in [-0.25, -0.2) is 0 Å². The molecule has 0 spiro atoms. The SMILES string of the molecule is CC(C)=C1N([Si](C)(C)C)C1(C)c1ccccc1. The molecule has 2 rings (SSSR count). The van der Waals surface area contributed by atoms with E-state index < -0.39 is 8.24 Å². The number of rotatable bonds is 2. The lowest BCUT2D eigenvalue weighted by Gasteiger charge is -2.24. The van der Waals surface area contributed by atoms with Gasteiger partial charge < -0.3 is 4.57 Å². The second-order valence-electron chi connectivity index (χ2n) is 6.29. The molecule has 1 atom stereocenters. The van der Waals surface area contributed by atoms with Crippen molar-refractivity contribution in [1.29, 1.82) is 0 Å². The van der Waals surface area contributed by atoms with Crippen LogP contribution >= 0.6 is 0 Å². The molecule has 0 amide bonds. The van der Waals surface area contributed by atoms with Crippen molar-refractivity contribution < 1.29 is 0 Å². The van der Waals surface area contributed by atoms with Gasteiger partial charge in [0, 0.05) is 5.70 Å². The zero-order valence-corrected chi connectivity index (χ0v) is 12.8. The van der Waals surface area contributed by atoms with Crippen LogP contribution in [0.4, 0.5) is 0 Å². The van der Waals surface area contributed by atoms with Crippen LogP contribution in [-0.2, 0) is 5.54 Å². The van der Waals surface area contributed by atoms with Crippen LogP contribution in [0.3, 0.4) is 0 Å². The molecule has 1 saturated heterocycles. The number of allylic oxidation sites excluding steroid dienone is 1. The lowest BCUT2D eigenvalue weighted by Crippen LogP contribution is -2.35. The van der Waals surface area contributed by atoms with E-state index in [-0.39, 0.29) is 5.54 Å². The fourth-order valence-electron chi connectivity index (χ4n) is 3.08. The molecule has 2 heteroatoms. The third-order valence-electron chi connectivity index (χ3n) is 3.56. The Morgan fingerprint density at radius 2 is 1.59 bits per heavy atom. The van der Waals surface area contributed by atoms with E-state index in [0.717, 1.165) is 0 Å². The second kappa shape index (κ2) is 3.74. The molecule has 1 nitrogen and oxygen atoms in total. The number of hydrogen-bond donors (Lipinski definition) is 0. The molecule has 0 aromatic heterocycles. The summed E-state index contributed by atoms with van der Waals surface area (Å²) in [6.45, 7) is 14.1. The summed E-state index contributed by atoms with van der Waals surface area (Å²) in [5.74, 6) is 0. The van der Waals surface area contributed by atoms with Crippen molar-refractivity contribution in [3.05, 3.63) is 47.2 Å². The first-order valence-electron chi connectivity index (χ1n) is 6.33. The Morgan fingerprint density at radius 1 is 1.06 bits per heavy atom. The van der Waals surface area contributed by atoms with Gasteiger partial charge in [0.1, 0.15) is 8.24 Å². The van der Waals surface area contributed by atoms with Crippen LogP contribution in [0.25, 0.3) is 0 Å². The Bertz CT molecular complexity index is 452. The molecule has 1 unspecified atom stereocenters. The molecule has 1 fully saturated rings. The summed E-state index contributed by atoms with van der Waals surface area (Å²) in [7, 11) is -1.29. The predicted octanol–water partition coefficient (Wildman–Crippen LogP) is 4.35. The van der Waals surface area contributed by atoms with Crippen molar-refractivity contribution in [1.82, 2.24) is 4.57 Å². The van der Waals surface area contributed by atoms with Gasteiger partial charge in [-0.15, -0.1) is 0 Å². The topological polar surface area (TPSA) is 3.01 Å². The Labute approximate surface area is 106 Å². The van der Waals surface area contributed by atoms with E-state index in [0.29, 0.717) is 0 Å². The van der Waals surface area contributed by atoms with Gasteiger partial charge in [-0.05, 0) is 26.3 Å². The molecular formula is C15H23NSi. The van der Waals surface area contributed by atoms with E-state index in [4.69, 9.17) is 0 Å². The Morgan fingerprint density at radius 3 is 1.94 bits per heavy atom. The highest BCUT2D eigenvalue weighted by molar-refractivity contribution is 6.74. The molecule has 0 N–H and O–H groups in total. The Hall–Kier alpha value is -1.02. The highest BCUT2D eigenvalue weighted by atomic mass is 28.3. The highest BCUT2D eigenvalue weighted by Gasteiger charge is 2.59. The number of benzene rings is 1. The first-order chi connectivity index (χ1) is 7.79. The van der Waals surface area contributed by atoms with Crippen LogP contribution in [-0.4, -0.2) is 12.8 Å². The summed E-state index contributed by atoms with van der Waals surface area (Å²) in [5.41, 5.74) is 4.59. The summed E-state index contributed by atoms with van der Waals surface area (Å²) in [6.07, 6.45) is 0. The van der Waals surface area contributed by atoms with E-state index in [9.17, 15) is 0 Å². The molecule has 0 bridgehead atoms. The molecule has 1 aromatic carbocycles. The van der Waals surface area contributed by atoms with Gasteiger partial charge in [-0.1, -0.05) is 55.5 Å². The molecule has 1 heterocycles. The molecule has 17 heavy (non-hydrogen) atoms. The molecule has 1 aliphatic rings. The third kappa shape index (κ3) is 1.84. The van der Waals surface area contributed by atoms with Gasteiger partial charge in [0.15, 0.2) is 0 Å². The first kappa shape index (κ1) is 12.4. The van der Waals surface area contributed by atoms with E-state index in [1.807, 2.05) is 0 Å². The molecular weight excluding hydrogens is 222 g/mol. The first-order valence-corrected chi connectivity index (χ1v) is 9.78. The summed E-state index contributed by atoms with van der Waals surface area (Å²) in [4.78, 5) is 0. The van der Waals surface area contributed by atoms with Crippen LogP contribution < -0.4 is 0 Å². The standard InChI is InChI=1S/C15H23NSi/c1-12(2)14-15(3,16(14)17(4,5)6)13-10-8-7-9-11-13/h7-11H,1-6H3. The van der Waals surface area contributed by atoms with Crippen molar-refractivity contribution in [3.63, 3.8) is 0 Å². The normalized spacial score (nSPS) is 23.9. The molecule has 0 saturated carbocycles. The quantitative estimate of drug-likeness (QED) is 0.553. The van der Waals surface area contributed by atoms with Crippen LogP contribution in [0.5, 0.6) is 0 Å². The van der Waals surface area contributed by atoms with Gasteiger partial charge in [-0.2, -0.15) is 0 Å². The zero-order chi connectivity index (χ0) is 12.8. The van der Waals surface area contributed by atoms with E-state index >= 15 is 0 Å². The minimum Gasteiger partial charge on any atom is -0.386 e. The van der Waals surface area contributed by atoms with Crippen LogP contribution in [0, 0.1) is 0 Å². The maximum atomic E-state index is 2.67. The van der Waals surface area contributed by atoms with Crippen molar-refractivity contribution in [2.45, 2.75) is 46.0 Å². The van der Waals surface area contributed by atoms with Crippen molar-refractivity contribution in [2.24, 2.45) is 0 Å². The lowest BCUT2D eigenvalue weighted by molar-refractivity contribution is 0.600. The van der Waals surface area contributed by atoms with Gasteiger partial charge >= 0.3 is 0 Å². The van der Waals surface area contributed by atoms with Gasteiger partial charge in [0.05, 0.1) is 5.54 Å². The molecule has 0 aliphatic carbocycles. The average Bonchev–Trinajstić information content (AvgIpc) is 2.88. The summed E-state index contributed by atoms with van der Waals surface area (Å²) < 4.78 is 2.67. The second-order valence-corrected chi connectivity index (χ2v) is 11.1. The molecule has 1 aromatic rings. The minimum absolute atomic E-state index is 0.157. The van der Waals surface area contributed by atoms with E-state index in [1.54, 1.807) is 5.70 Å². The molecule has 1 aliphatic heterocycles. The maximum absolute atomic E-state index is 2.67. The largest absolute Gasteiger partial charge is 0.386 e. The van der Waals surface area contributed by atoms with E-state index in [1.165, 1.54) is 11.1 Å². The number of nitrogens with zero attached hydrogens (tertiary/aromatic N) is 1. The van der Waals surface area contributed by atoms with Gasteiger partial charge in [0.2, 0.25) is 0 Å². The Kier molecular flexibility index (Phi) is 2.73. The molecule has 0 radical (unpaired) electrons. The van der Waals surface area contributed by atoms with Crippen LogP contribution in [0.15, 0.2) is 41.6 Å². The highest BCUT2D eigenvalue weighted by Crippen LogP contribution is 2.57.